The van der Waals surface area contributed by atoms with Crippen LogP contribution in [0.1, 0.15) is 0 Å². The van der Waals surface area contributed by atoms with Crippen molar-refractivity contribution in [2.75, 3.05) is 6.54 Å². The van der Waals surface area contributed by atoms with E-state index in [0.29, 0.717) is 6.54 Å². The molecular weight excluding hydrogens is 200 g/mol. The Hall–Kier alpha value is -2.18. The highest BCUT2D eigenvalue weighted by molar-refractivity contribution is 6.44. The van der Waals surface area contributed by atoms with E-state index in [4.69, 9.17) is 0 Å². The SMILES string of the molecule is O=C1NC(=O)N(CCn2ccnc2)C1=O. The Morgan fingerprint density at radius 3 is 2.60 bits per heavy atom. The van der Waals surface area contributed by atoms with Gasteiger partial charge in [0, 0.05) is 25.5 Å². The maximum Gasteiger partial charge on any atom is 0.331 e. The van der Waals surface area contributed by atoms with E-state index in [0.717, 1.165) is 4.90 Å². The number of carbonyl (C=O) groups is 3. The Balaban J connectivity index is 1.98. The van der Waals surface area contributed by atoms with Gasteiger partial charge in [-0.05, 0) is 0 Å². The maximum atomic E-state index is 11.1. The van der Waals surface area contributed by atoms with Crippen LogP contribution >= 0.6 is 0 Å². The summed E-state index contributed by atoms with van der Waals surface area (Å²) < 4.78 is 1.71. The maximum absolute atomic E-state index is 11.1. The Labute approximate surface area is 84.7 Å². The number of imidazole rings is 1. The quantitative estimate of drug-likeness (QED) is 0.508. The molecule has 1 aliphatic rings. The second-order valence-corrected chi connectivity index (χ2v) is 3.02. The molecule has 0 aromatic carbocycles. The van der Waals surface area contributed by atoms with Gasteiger partial charge in [0.2, 0.25) is 0 Å². The molecule has 78 valence electrons. The molecule has 1 aromatic heterocycles. The van der Waals surface area contributed by atoms with Crippen molar-refractivity contribution in [3.63, 3.8) is 0 Å². The smallest absolute Gasteiger partial charge is 0.331 e. The molecule has 2 heterocycles. The van der Waals surface area contributed by atoms with Gasteiger partial charge in [-0.3, -0.25) is 19.8 Å². The molecule has 7 heteroatoms. The highest BCUT2D eigenvalue weighted by atomic mass is 16.2. The largest absolute Gasteiger partial charge is 0.336 e. The van der Waals surface area contributed by atoms with Gasteiger partial charge in [-0.1, -0.05) is 0 Å². The minimum atomic E-state index is -0.870. The Morgan fingerprint density at radius 2 is 2.07 bits per heavy atom. The third-order valence-corrected chi connectivity index (χ3v) is 2.05. The van der Waals surface area contributed by atoms with Crippen LogP contribution in [0.2, 0.25) is 0 Å². The second kappa shape index (κ2) is 3.52. The molecule has 4 amide bonds. The van der Waals surface area contributed by atoms with E-state index in [1.807, 2.05) is 5.32 Å². The summed E-state index contributed by atoms with van der Waals surface area (Å²) in [6.45, 7) is 0.583. The van der Waals surface area contributed by atoms with Crippen molar-refractivity contribution < 1.29 is 14.4 Å². The molecule has 0 unspecified atom stereocenters. The fourth-order valence-electron chi connectivity index (χ4n) is 1.27. The van der Waals surface area contributed by atoms with Crippen LogP contribution in [0.15, 0.2) is 18.7 Å². The fraction of sp³-hybridized carbons (Fsp3) is 0.250. The minimum Gasteiger partial charge on any atom is -0.336 e. The first kappa shape index (κ1) is 9.38. The lowest BCUT2D eigenvalue weighted by atomic mass is 10.5. The molecule has 0 aliphatic carbocycles. The molecule has 7 nitrogen and oxygen atoms in total. The van der Waals surface area contributed by atoms with Crippen LogP contribution in [0, 0.1) is 0 Å². The first-order valence-corrected chi connectivity index (χ1v) is 4.31. The van der Waals surface area contributed by atoms with Crippen LogP contribution in [0.5, 0.6) is 0 Å². The van der Waals surface area contributed by atoms with Gasteiger partial charge in [0.05, 0.1) is 6.33 Å². The summed E-state index contributed by atoms with van der Waals surface area (Å²) in [4.78, 5) is 37.8. The molecule has 2 rings (SSSR count). The van der Waals surface area contributed by atoms with E-state index in [1.54, 1.807) is 23.3 Å². The molecular formula is C8H8N4O3. The molecule has 1 aromatic rings. The topological polar surface area (TPSA) is 84.3 Å². The van der Waals surface area contributed by atoms with Gasteiger partial charge in [0.25, 0.3) is 0 Å². The zero-order valence-corrected chi connectivity index (χ0v) is 7.71. The Bertz CT molecular complexity index is 412. The second-order valence-electron chi connectivity index (χ2n) is 3.02. The van der Waals surface area contributed by atoms with Crippen molar-refractivity contribution in [2.24, 2.45) is 0 Å². The average molecular weight is 208 g/mol. The number of imide groups is 2. The molecule has 0 saturated carbocycles. The fourth-order valence-corrected chi connectivity index (χ4v) is 1.27. The van der Waals surface area contributed by atoms with Gasteiger partial charge in [-0.15, -0.1) is 0 Å². The van der Waals surface area contributed by atoms with E-state index >= 15 is 0 Å². The zero-order valence-electron chi connectivity index (χ0n) is 7.71. The van der Waals surface area contributed by atoms with Gasteiger partial charge >= 0.3 is 17.8 Å². The van der Waals surface area contributed by atoms with E-state index < -0.39 is 17.8 Å². The number of nitrogens with one attached hydrogen (secondary N) is 1. The summed E-state index contributed by atoms with van der Waals surface area (Å²) in [5, 5.41) is 1.92. The van der Waals surface area contributed by atoms with Gasteiger partial charge in [0.15, 0.2) is 0 Å². The predicted octanol–water partition coefficient (Wildman–Crippen LogP) is -1.04. The standard InChI is InChI=1S/C8H8N4O3/c13-6-7(14)12(8(15)10-6)4-3-11-2-1-9-5-11/h1-2,5H,3-4H2,(H,10,13,15). The monoisotopic (exact) mass is 208 g/mol. The van der Waals surface area contributed by atoms with E-state index in [9.17, 15) is 14.4 Å². The van der Waals surface area contributed by atoms with Gasteiger partial charge < -0.3 is 4.57 Å². The third kappa shape index (κ3) is 1.71. The van der Waals surface area contributed by atoms with Crippen molar-refractivity contribution in [1.29, 1.82) is 0 Å². The molecule has 0 spiro atoms. The number of carbonyl (C=O) groups excluding carboxylic acids is 3. The van der Waals surface area contributed by atoms with Crippen LogP contribution in [0.3, 0.4) is 0 Å². The van der Waals surface area contributed by atoms with Gasteiger partial charge in [-0.25, -0.2) is 9.78 Å². The van der Waals surface area contributed by atoms with Gasteiger partial charge in [0.1, 0.15) is 0 Å². The molecule has 1 saturated heterocycles. The van der Waals surface area contributed by atoms with Crippen molar-refractivity contribution in [3.8, 4) is 0 Å². The summed E-state index contributed by atoms with van der Waals surface area (Å²) in [6, 6.07) is -0.662. The molecule has 1 fully saturated rings. The molecule has 1 N–H and O–H groups in total. The van der Waals surface area contributed by atoms with Gasteiger partial charge in [-0.2, -0.15) is 0 Å². The Morgan fingerprint density at radius 1 is 1.27 bits per heavy atom. The summed E-state index contributed by atoms with van der Waals surface area (Å²) in [5.41, 5.74) is 0. The summed E-state index contributed by atoms with van der Waals surface area (Å²) in [7, 11) is 0. The Kier molecular flexibility index (Phi) is 2.20. The molecule has 15 heavy (non-hydrogen) atoms. The van der Waals surface area contributed by atoms with E-state index in [2.05, 4.69) is 4.98 Å². The number of amides is 4. The average Bonchev–Trinajstić information content (AvgIpc) is 2.76. The number of aromatic nitrogens is 2. The lowest BCUT2D eigenvalue weighted by Crippen LogP contribution is -2.33. The number of urea groups is 1. The van der Waals surface area contributed by atoms with Crippen LogP contribution in [-0.2, 0) is 16.1 Å². The lowest BCUT2D eigenvalue weighted by Gasteiger charge is -2.10. The normalized spacial score (nSPS) is 16.0. The summed E-state index contributed by atoms with van der Waals surface area (Å²) >= 11 is 0. The van der Waals surface area contributed by atoms with E-state index in [1.165, 1.54) is 0 Å². The summed E-state index contributed by atoms with van der Waals surface area (Å²) in [6.07, 6.45) is 4.87. The highest BCUT2D eigenvalue weighted by Gasteiger charge is 2.36. The number of nitrogens with zero attached hydrogens (tertiary/aromatic N) is 3. The molecule has 0 bridgehead atoms. The minimum absolute atomic E-state index is 0.159. The molecule has 0 atom stereocenters. The van der Waals surface area contributed by atoms with Crippen molar-refractivity contribution in [2.45, 2.75) is 6.54 Å². The zero-order chi connectivity index (χ0) is 10.8. The third-order valence-electron chi connectivity index (χ3n) is 2.05. The first-order chi connectivity index (χ1) is 7.18. The van der Waals surface area contributed by atoms with Crippen molar-refractivity contribution in [3.05, 3.63) is 18.7 Å². The number of rotatable bonds is 3. The highest BCUT2D eigenvalue weighted by Crippen LogP contribution is 2.00. The lowest BCUT2D eigenvalue weighted by molar-refractivity contribution is -0.140. The number of hydrogen-bond donors (Lipinski definition) is 1. The van der Waals surface area contributed by atoms with Crippen LogP contribution < -0.4 is 5.32 Å². The predicted molar refractivity (Wildman–Crippen MR) is 47.5 cm³/mol. The van der Waals surface area contributed by atoms with Crippen LogP contribution in [-0.4, -0.2) is 38.8 Å². The van der Waals surface area contributed by atoms with Crippen LogP contribution in [0.25, 0.3) is 0 Å². The first-order valence-electron chi connectivity index (χ1n) is 4.31. The van der Waals surface area contributed by atoms with Crippen LogP contribution in [0.4, 0.5) is 4.79 Å². The van der Waals surface area contributed by atoms with E-state index in [-0.39, 0.29) is 6.54 Å². The van der Waals surface area contributed by atoms with Crippen molar-refractivity contribution in [1.82, 2.24) is 19.8 Å². The molecule has 0 radical (unpaired) electrons. The van der Waals surface area contributed by atoms with Crippen molar-refractivity contribution >= 4 is 17.8 Å². The summed E-state index contributed by atoms with van der Waals surface area (Å²) in [5.74, 6) is -1.68. The number of hydrogen-bond acceptors (Lipinski definition) is 4. The molecule has 1 aliphatic heterocycles.